The van der Waals surface area contributed by atoms with Gasteiger partial charge in [-0.25, -0.2) is 0 Å². The number of ether oxygens (including phenoxy) is 2. The van der Waals surface area contributed by atoms with Gasteiger partial charge in [-0.2, -0.15) is 0 Å². The molecular formula is C16H16BrNO2. The van der Waals surface area contributed by atoms with Crippen LogP contribution in [0, 0.1) is 0 Å². The van der Waals surface area contributed by atoms with Crippen LogP contribution in [0.15, 0.2) is 40.9 Å². The first-order valence-corrected chi connectivity index (χ1v) is 7.27. The number of rotatable bonds is 3. The zero-order valence-corrected chi connectivity index (χ0v) is 13.0. The lowest BCUT2D eigenvalue weighted by Crippen LogP contribution is -2.06. The van der Waals surface area contributed by atoms with Gasteiger partial charge in [0.05, 0.1) is 25.9 Å². The van der Waals surface area contributed by atoms with Crippen molar-refractivity contribution in [2.75, 3.05) is 19.5 Å². The Labute approximate surface area is 127 Å². The molecule has 3 nitrogen and oxygen atoms in total. The van der Waals surface area contributed by atoms with Crippen molar-refractivity contribution in [1.82, 2.24) is 0 Å². The summed E-state index contributed by atoms with van der Waals surface area (Å²) in [6.45, 7) is 0. The molecule has 0 fully saturated rings. The third-order valence-corrected chi connectivity index (χ3v) is 4.28. The lowest BCUT2D eigenvalue weighted by molar-refractivity contribution is 0.393. The molecule has 0 saturated heterocycles. The van der Waals surface area contributed by atoms with Crippen molar-refractivity contribution < 1.29 is 9.47 Å². The van der Waals surface area contributed by atoms with Crippen molar-refractivity contribution in [1.29, 1.82) is 0 Å². The Balaban J connectivity index is 1.94. The van der Waals surface area contributed by atoms with Gasteiger partial charge in [-0.05, 0) is 51.7 Å². The third-order valence-electron chi connectivity index (χ3n) is 3.62. The number of hydrogen-bond acceptors (Lipinski definition) is 3. The number of halogens is 1. The van der Waals surface area contributed by atoms with Crippen LogP contribution in [0.3, 0.4) is 0 Å². The Morgan fingerprint density at radius 1 is 1.10 bits per heavy atom. The van der Waals surface area contributed by atoms with E-state index < -0.39 is 0 Å². The largest absolute Gasteiger partial charge is 0.497 e. The van der Waals surface area contributed by atoms with Crippen LogP contribution in [-0.4, -0.2) is 14.2 Å². The van der Waals surface area contributed by atoms with Crippen LogP contribution in [0.1, 0.15) is 17.2 Å². The Hall–Kier alpha value is -1.68. The molecule has 0 spiro atoms. The van der Waals surface area contributed by atoms with Gasteiger partial charge in [0.1, 0.15) is 11.5 Å². The predicted octanol–water partition coefficient (Wildman–Crippen LogP) is 4.18. The van der Waals surface area contributed by atoms with Crippen LogP contribution in [-0.2, 0) is 6.42 Å². The molecule has 2 aromatic rings. The first-order chi connectivity index (χ1) is 9.71. The SMILES string of the molecule is COc1cc(OC)cc(C2Cc3cccc(Br)c3N2)c1. The second-order valence-corrected chi connectivity index (χ2v) is 5.68. The molecule has 0 amide bonds. The van der Waals surface area contributed by atoms with Gasteiger partial charge in [0, 0.05) is 10.5 Å². The van der Waals surface area contributed by atoms with Gasteiger partial charge in [0.15, 0.2) is 0 Å². The lowest BCUT2D eigenvalue weighted by atomic mass is 10.0. The van der Waals surface area contributed by atoms with Gasteiger partial charge in [0.2, 0.25) is 0 Å². The van der Waals surface area contributed by atoms with Crippen LogP contribution >= 0.6 is 15.9 Å². The molecule has 1 aliphatic rings. The van der Waals surface area contributed by atoms with E-state index in [1.807, 2.05) is 6.07 Å². The van der Waals surface area contributed by atoms with Crippen molar-refractivity contribution in [2.24, 2.45) is 0 Å². The van der Waals surface area contributed by atoms with E-state index in [0.717, 1.165) is 22.4 Å². The molecule has 0 aromatic heterocycles. The molecule has 104 valence electrons. The zero-order valence-electron chi connectivity index (χ0n) is 11.4. The van der Waals surface area contributed by atoms with E-state index in [1.54, 1.807) is 14.2 Å². The maximum atomic E-state index is 5.34. The van der Waals surface area contributed by atoms with Crippen LogP contribution in [0.4, 0.5) is 5.69 Å². The molecule has 0 bridgehead atoms. The minimum atomic E-state index is 0.243. The van der Waals surface area contributed by atoms with E-state index in [4.69, 9.17) is 9.47 Å². The Kier molecular flexibility index (Phi) is 3.57. The molecule has 0 aliphatic carbocycles. The monoisotopic (exact) mass is 333 g/mol. The van der Waals surface area contributed by atoms with E-state index in [-0.39, 0.29) is 6.04 Å². The van der Waals surface area contributed by atoms with E-state index in [2.05, 4.69) is 51.6 Å². The molecule has 20 heavy (non-hydrogen) atoms. The summed E-state index contributed by atoms with van der Waals surface area (Å²) >= 11 is 3.59. The van der Waals surface area contributed by atoms with Crippen molar-refractivity contribution in [2.45, 2.75) is 12.5 Å². The molecule has 4 heteroatoms. The number of para-hydroxylation sites is 1. The van der Waals surface area contributed by atoms with E-state index >= 15 is 0 Å². The smallest absolute Gasteiger partial charge is 0.122 e. The van der Waals surface area contributed by atoms with E-state index in [1.165, 1.54) is 16.8 Å². The number of fused-ring (bicyclic) bond motifs is 1. The molecular weight excluding hydrogens is 318 g/mol. The fourth-order valence-corrected chi connectivity index (χ4v) is 3.10. The second kappa shape index (κ2) is 5.37. The van der Waals surface area contributed by atoms with Gasteiger partial charge >= 0.3 is 0 Å². The summed E-state index contributed by atoms with van der Waals surface area (Å²) < 4.78 is 11.8. The second-order valence-electron chi connectivity index (χ2n) is 4.82. The summed E-state index contributed by atoms with van der Waals surface area (Å²) in [7, 11) is 3.35. The summed E-state index contributed by atoms with van der Waals surface area (Å²) in [5.41, 5.74) is 3.68. The Bertz CT molecular complexity index is 620. The highest BCUT2D eigenvalue weighted by Crippen LogP contribution is 2.40. The van der Waals surface area contributed by atoms with E-state index in [9.17, 15) is 0 Å². The maximum Gasteiger partial charge on any atom is 0.122 e. The van der Waals surface area contributed by atoms with Gasteiger partial charge in [0.25, 0.3) is 0 Å². The molecule has 0 radical (unpaired) electrons. The van der Waals surface area contributed by atoms with Gasteiger partial charge < -0.3 is 14.8 Å². The number of anilines is 1. The van der Waals surface area contributed by atoms with Gasteiger partial charge in [-0.3, -0.25) is 0 Å². The molecule has 0 saturated carbocycles. The summed E-state index contributed by atoms with van der Waals surface area (Å²) in [6, 6.07) is 12.5. The Morgan fingerprint density at radius 2 is 1.80 bits per heavy atom. The average Bonchev–Trinajstić information content (AvgIpc) is 2.92. The zero-order chi connectivity index (χ0) is 14.1. The Morgan fingerprint density at radius 3 is 2.40 bits per heavy atom. The molecule has 2 aromatic carbocycles. The van der Waals surface area contributed by atoms with Crippen LogP contribution in [0.2, 0.25) is 0 Å². The molecule has 1 aliphatic heterocycles. The third kappa shape index (κ3) is 2.36. The van der Waals surface area contributed by atoms with Crippen LogP contribution in [0.25, 0.3) is 0 Å². The van der Waals surface area contributed by atoms with Crippen molar-refractivity contribution >= 4 is 21.6 Å². The molecule has 1 heterocycles. The number of hydrogen-bond donors (Lipinski definition) is 1. The highest BCUT2D eigenvalue weighted by molar-refractivity contribution is 9.10. The highest BCUT2D eigenvalue weighted by atomic mass is 79.9. The molecule has 3 rings (SSSR count). The first-order valence-electron chi connectivity index (χ1n) is 6.48. The topological polar surface area (TPSA) is 30.5 Å². The van der Waals surface area contributed by atoms with Crippen molar-refractivity contribution in [3.63, 3.8) is 0 Å². The number of benzene rings is 2. The lowest BCUT2D eigenvalue weighted by Gasteiger charge is -2.15. The first kappa shape index (κ1) is 13.3. The van der Waals surface area contributed by atoms with Crippen LogP contribution in [0.5, 0.6) is 11.5 Å². The predicted molar refractivity (Wildman–Crippen MR) is 83.8 cm³/mol. The average molecular weight is 334 g/mol. The molecule has 1 atom stereocenters. The standard InChI is InChI=1S/C16H16BrNO2/c1-19-12-6-11(7-13(9-12)20-2)15-8-10-4-3-5-14(17)16(10)18-15/h3-7,9,15,18H,8H2,1-2H3. The fraction of sp³-hybridized carbons (Fsp3) is 0.250. The van der Waals surface area contributed by atoms with Crippen molar-refractivity contribution in [3.05, 3.63) is 52.0 Å². The summed E-state index contributed by atoms with van der Waals surface area (Å²) in [4.78, 5) is 0. The summed E-state index contributed by atoms with van der Waals surface area (Å²) in [5.74, 6) is 1.63. The summed E-state index contributed by atoms with van der Waals surface area (Å²) in [5, 5.41) is 3.56. The van der Waals surface area contributed by atoms with Gasteiger partial charge in [-0.15, -0.1) is 0 Å². The van der Waals surface area contributed by atoms with E-state index in [0.29, 0.717) is 0 Å². The van der Waals surface area contributed by atoms with Crippen molar-refractivity contribution in [3.8, 4) is 11.5 Å². The van der Waals surface area contributed by atoms with Gasteiger partial charge in [-0.1, -0.05) is 12.1 Å². The minimum Gasteiger partial charge on any atom is -0.497 e. The summed E-state index contributed by atoms with van der Waals surface area (Å²) in [6.07, 6.45) is 0.963. The normalized spacial score (nSPS) is 16.4. The number of nitrogens with one attached hydrogen (secondary N) is 1. The highest BCUT2D eigenvalue weighted by Gasteiger charge is 2.24. The quantitative estimate of drug-likeness (QED) is 0.914. The maximum absolute atomic E-state index is 5.34. The molecule has 1 unspecified atom stereocenters. The fourth-order valence-electron chi connectivity index (χ4n) is 2.58. The minimum absolute atomic E-state index is 0.243. The van der Waals surface area contributed by atoms with Crippen LogP contribution < -0.4 is 14.8 Å². The molecule has 1 N–H and O–H groups in total. The number of methoxy groups -OCH3 is 2.